The van der Waals surface area contributed by atoms with E-state index in [1.165, 1.54) is 0 Å². The van der Waals surface area contributed by atoms with Crippen LogP contribution in [0.1, 0.15) is 43.5 Å². The summed E-state index contributed by atoms with van der Waals surface area (Å²) in [6, 6.07) is 0.550. The van der Waals surface area contributed by atoms with Crippen molar-refractivity contribution in [1.82, 2.24) is 14.8 Å². The van der Waals surface area contributed by atoms with E-state index in [0.717, 1.165) is 55.0 Å². The van der Waals surface area contributed by atoms with Crippen LogP contribution in [0.4, 0.5) is 0 Å². The van der Waals surface area contributed by atoms with Crippen LogP contribution in [0.15, 0.2) is 6.20 Å². The zero-order valence-corrected chi connectivity index (χ0v) is 16.1. The number of piperidine rings is 1. The van der Waals surface area contributed by atoms with Gasteiger partial charge in [-0.25, -0.2) is 0 Å². The lowest BCUT2D eigenvalue weighted by Gasteiger charge is -2.38. The van der Waals surface area contributed by atoms with E-state index in [9.17, 15) is 5.11 Å². The molecule has 0 saturated carbocycles. The Bertz CT molecular complexity index is 546. The number of likely N-dealkylation sites (tertiary alicyclic amines) is 1. The first-order valence-corrected chi connectivity index (χ1v) is 8.85. The van der Waals surface area contributed by atoms with Crippen LogP contribution >= 0.6 is 0 Å². The van der Waals surface area contributed by atoms with E-state index in [-0.39, 0.29) is 0 Å². The van der Waals surface area contributed by atoms with Gasteiger partial charge in [-0.2, -0.15) is 0 Å². The zero-order chi connectivity index (χ0) is 17.9. The molecule has 1 aromatic heterocycles. The van der Waals surface area contributed by atoms with E-state index in [1.807, 2.05) is 27.0 Å². The molecule has 0 aromatic carbocycles. The molecule has 0 bridgehead atoms. The van der Waals surface area contributed by atoms with Crippen molar-refractivity contribution >= 4 is 0 Å². The summed E-state index contributed by atoms with van der Waals surface area (Å²) in [5, 5.41) is 10.00. The first-order valence-electron chi connectivity index (χ1n) is 8.85. The summed E-state index contributed by atoms with van der Waals surface area (Å²) in [4.78, 5) is 9.39. The fourth-order valence-electron chi connectivity index (χ4n) is 3.70. The molecule has 1 aliphatic rings. The lowest BCUT2D eigenvalue weighted by Crippen LogP contribution is -2.47. The molecule has 24 heavy (non-hydrogen) atoms. The van der Waals surface area contributed by atoms with Crippen LogP contribution in [0.2, 0.25) is 0 Å². The van der Waals surface area contributed by atoms with Gasteiger partial charge >= 0.3 is 0 Å². The number of nitrogens with zero attached hydrogens (tertiary/aromatic N) is 3. The minimum atomic E-state index is -0.634. The zero-order valence-electron chi connectivity index (χ0n) is 16.1. The lowest BCUT2D eigenvalue weighted by molar-refractivity contribution is 0.0182. The van der Waals surface area contributed by atoms with Gasteiger partial charge in [-0.1, -0.05) is 0 Å². The predicted octanol–water partition coefficient (Wildman–Crippen LogP) is 2.37. The van der Waals surface area contributed by atoms with Gasteiger partial charge < -0.3 is 14.7 Å². The monoisotopic (exact) mass is 335 g/mol. The fourth-order valence-corrected chi connectivity index (χ4v) is 3.70. The van der Waals surface area contributed by atoms with Crippen LogP contribution in [-0.4, -0.2) is 65.3 Å². The SMILES string of the molecule is COc1c(C)cnc(CN2CCC(N(C)CC(C)(C)O)CC2)c1C. The van der Waals surface area contributed by atoms with Gasteiger partial charge in [0.15, 0.2) is 0 Å². The number of methoxy groups -OCH3 is 1. The Hall–Kier alpha value is -1.17. The quantitative estimate of drug-likeness (QED) is 0.865. The maximum atomic E-state index is 10.00. The van der Waals surface area contributed by atoms with Gasteiger partial charge in [-0.3, -0.25) is 9.88 Å². The number of hydrogen-bond donors (Lipinski definition) is 1. The van der Waals surface area contributed by atoms with Crippen LogP contribution in [0.3, 0.4) is 0 Å². The highest BCUT2D eigenvalue weighted by molar-refractivity contribution is 5.41. The summed E-state index contributed by atoms with van der Waals surface area (Å²) in [5.74, 6) is 0.958. The average Bonchev–Trinajstić information content (AvgIpc) is 2.50. The van der Waals surface area contributed by atoms with E-state index in [4.69, 9.17) is 4.74 Å². The second kappa shape index (κ2) is 7.81. The molecule has 2 rings (SSSR count). The van der Waals surface area contributed by atoms with Crippen molar-refractivity contribution in [2.24, 2.45) is 0 Å². The Kier molecular flexibility index (Phi) is 6.23. The minimum Gasteiger partial charge on any atom is -0.496 e. The van der Waals surface area contributed by atoms with Crippen molar-refractivity contribution in [2.45, 2.75) is 58.7 Å². The number of aliphatic hydroxyl groups is 1. The van der Waals surface area contributed by atoms with E-state index in [1.54, 1.807) is 7.11 Å². The second-order valence-electron chi connectivity index (χ2n) is 7.78. The van der Waals surface area contributed by atoms with Gasteiger partial charge in [0.1, 0.15) is 5.75 Å². The summed E-state index contributed by atoms with van der Waals surface area (Å²) in [5.41, 5.74) is 2.72. The number of rotatable bonds is 6. The molecule has 0 spiro atoms. The number of pyridine rings is 1. The first kappa shape index (κ1) is 19.2. The highest BCUT2D eigenvalue weighted by atomic mass is 16.5. The molecule has 136 valence electrons. The summed E-state index contributed by atoms with van der Waals surface area (Å²) in [7, 11) is 3.85. The van der Waals surface area contributed by atoms with Gasteiger partial charge in [0.25, 0.3) is 0 Å². The van der Waals surface area contributed by atoms with Crippen LogP contribution < -0.4 is 4.74 Å². The topological polar surface area (TPSA) is 48.8 Å². The first-order chi connectivity index (χ1) is 11.2. The number of ether oxygens (including phenoxy) is 1. The fraction of sp³-hybridized carbons (Fsp3) is 0.737. The van der Waals surface area contributed by atoms with Crippen molar-refractivity contribution in [1.29, 1.82) is 0 Å². The summed E-state index contributed by atoms with van der Waals surface area (Å²) in [6.45, 7) is 11.6. The summed E-state index contributed by atoms with van der Waals surface area (Å²) < 4.78 is 5.51. The summed E-state index contributed by atoms with van der Waals surface area (Å²) in [6.07, 6.45) is 4.17. The van der Waals surface area contributed by atoms with E-state index < -0.39 is 5.60 Å². The van der Waals surface area contributed by atoms with Gasteiger partial charge in [-0.05, 0) is 47.6 Å². The molecule has 2 heterocycles. The third-order valence-corrected chi connectivity index (χ3v) is 4.94. The Balaban J connectivity index is 1.92. The Morgan fingerprint density at radius 3 is 2.50 bits per heavy atom. The lowest BCUT2D eigenvalue weighted by atomic mass is 10.0. The molecule has 5 nitrogen and oxygen atoms in total. The Labute approximate surface area is 146 Å². The molecule has 0 unspecified atom stereocenters. The van der Waals surface area contributed by atoms with Crippen molar-refractivity contribution in [3.05, 3.63) is 23.0 Å². The number of aryl methyl sites for hydroxylation is 1. The van der Waals surface area contributed by atoms with Crippen LogP contribution in [0, 0.1) is 13.8 Å². The molecule has 1 fully saturated rings. The van der Waals surface area contributed by atoms with Gasteiger partial charge in [0.05, 0.1) is 18.4 Å². The number of likely N-dealkylation sites (N-methyl/N-ethyl adjacent to an activating group) is 1. The second-order valence-corrected chi connectivity index (χ2v) is 7.78. The van der Waals surface area contributed by atoms with Crippen molar-refractivity contribution in [3.8, 4) is 5.75 Å². The molecule has 0 amide bonds. The van der Waals surface area contributed by atoms with Crippen LogP contribution in [0.5, 0.6) is 5.75 Å². The third kappa shape index (κ3) is 4.91. The molecule has 0 radical (unpaired) electrons. The van der Waals surface area contributed by atoms with E-state index >= 15 is 0 Å². The van der Waals surface area contributed by atoms with E-state index in [2.05, 4.69) is 28.8 Å². The molecule has 1 saturated heterocycles. The number of aromatic nitrogens is 1. The van der Waals surface area contributed by atoms with Crippen molar-refractivity contribution in [2.75, 3.05) is 33.8 Å². The predicted molar refractivity (Wildman–Crippen MR) is 97.5 cm³/mol. The van der Waals surface area contributed by atoms with Crippen molar-refractivity contribution < 1.29 is 9.84 Å². The third-order valence-electron chi connectivity index (χ3n) is 4.94. The maximum absolute atomic E-state index is 10.00. The smallest absolute Gasteiger partial charge is 0.128 e. The molecule has 0 aliphatic carbocycles. The van der Waals surface area contributed by atoms with Crippen molar-refractivity contribution in [3.63, 3.8) is 0 Å². The standard InChI is InChI=1S/C19H33N3O2/c1-14-11-20-17(15(2)18(14)24-6)12-22-9-7-16(8-10-22)21(5)13-19(3,4)23/h11,16,23H,7-10,12-13H2,1-6H3. The van der Waals surface area contributed by atoms with Crippen LogP contribution in [-0.2, 0) is 6.54 Å². The molecular formula is C19H33N3O2. The van der Waals surface area contributed by atoms with Crippen LogP contribution in [0.25, 0.3) is 0 Å². The molecule has 5 heteroatoms. The average molecular weight is 335 g/mol. The van der Waals surface area contributed by atoms with Gasteiger partial charge in [-0.15, -0.1) is 0 Å². The maximum Gasteiger partial charge on any atom is 0.128 e. The molecule has 1 N–H and O–H groups in total. The van der Waals surface area contributed by atoms with Gasteiger partial charge in [0.2, 0.25) is 0 Å². The highest BCUT2D eigenvalue weighted by Crippen LogP contribution is 2.26. The Morgan fingerprint density at radius 1 is 1.33 bits per heavy atom. The summed E-state index contributed by atoms with van der Waals surface area (Å²) >= 11 is 0. The molecular weight excluding hydrogens is 302 g/mol. The molecule has 1 aliphatic heterocycles. The van der Waals surface area contributed by atoms with Gasteiger partial charge in [0, 0.05) is 49.5 Å². The number of hydrogen-bond acceptors (Lipinski definition) is 5. The molecule has 0 atom stereocenters. The highest BCUT2D eigenvalue weighted by Gasteiger charge is 2.26. The normalized spacial score (nSPS) is 17.5. The largest absolute Gasteiger partial charge is 0.496 e. The minimum absolute atomic E-state index is 0.550. The Morgan fingerprint density at radius 2 is 1.96 bits per heavy atom. The van der Waals surface area contributed by atoms with E-state index in [0.29, 0.717) is 12.6 Å². The molecule has 1 aromatic rings.